The number of hydrogen-bond acceptors (Lipinski definition) is 8. The summed E-state index contributed by atoms with van der Waals surface area (Å²) in [5, 5.41) is 0. The molecule has 0 radical (unpaired) electrons. The van der Waals surface area contributed by atoms with Crippen molar-refractivity contribution in [2.45, 2.75) is 87.6 Å². The number of aryl methyl sites for hydroxylation is 4. The van der Waals surface area contributed by atoms with E-state index in [4.69, 9.17) is 0 Å². The van der Waals surface area contributed by atoms with E-state index in [-0.39, 0.29) is 29.0 Å². The molecule has 2 aromatic heterocycles. The minimum Gasteiger partial charge on any atom is -0.337 e. The molecular formula is C45H50N4O6S2. The van der Waals surface area contributed by atoms with Crippen LogP contribution in [0.3, 0.4) is 0 Å². The largest absolute Gasteiger partial charge is 0.337 e. The number of fused-ring (bicyclic) bond motifs is 1. The Bertz CT molecular complexity index is 2450. The number of pyridine rings is 2. The van der Waals surface area contributed by atoms with Gasteiger partial charge in [-0.15, -0.1) is 0 Å². The van der Waals surface area contributed by atoms with Crippen LogP contribution in [0.5, 0.6) is 0 Å². The molecule has 57 heavy (non-hydrogen) atoms. The third-order valence-electron chi connectivity index (χ3n) is 10.5. The molecule has 0 bridgehead atoms. The molecular weight excluding hydrogens is 757 g/mol. The smallest absolute Gasteiger partial charge is 0.272 e. The summed E-state index contributed by atoms with van der Waals surface area (Å²) in [5.74, 6) is -0.721. The number of nitrogens with zero attached hydrogens (tertiary/aromatic N) is 4. The van der Waals surface area contributed by atoms with Crippen molar-refractivity contribution in [2.24, 2.45) is 0 Å². The van der Waals surface area contributed by atoms with Gasteiger partial charge in [0.25, 0.3) is 11.8 Å². The highest BCUT2D eigenvalue weighted by atomic mass is 32.2. The summed E-state index contributed by atoms with van der Waals surface area (Å²) < 4.78 is 51.9. The lowest BCUT2D eigenvalue weighted by atomic mass is 10.00. The van der Waals surface area contributed by atoms with Gasteiger partial charge in [-0.25, -0.2) is 26.8 Å². The first kappa shape index (κ1) is 41.4. The van der Waals surface area contributed by atoms with E-state index in [0.717, 1.165) is 61.9 Å². The van der Waals surface area contributed by atoms with Gasteiger partial charge in [0.05, 0.1) is 32.7 Å². The second-order valence-electron chi connectivity index (χ2n) is 14.9. The Morgan fingerprint density at radius 2 is 0.930 bits per heavy atom. The van der Waals surface area contributed by atoms with E-state index < -0.39 is 19.7 Å². The number of rotatable bonds is 8. The highest BCUT2D eigenvalue weighted by Crippen LogP contribution is 2.26. The van der Waals surface area contributed by atoms with Crippen LogP contribution in [0, 0.1) is 27.7 Å². The van der Waals surface area contributed by atoms with Crippen molar-refractivity contribution in [3.63, 3.8) is 0 Å². The Kier molecular flexibility index (Phi) is 13.0. The van der Waals surface area contributed by atoms with Crippen LogP contribution in [0.15, 0.2) is 107 Å². The first-order chi connectivity index (χ1) is 27.2. The van der Waals surface area contributed by atoms with Gasteiger partial charge in [0.2, 0.25) is 0 Å². The summed E-state index contributed by atoms with van der Waals surface area (Å²) in [5.41, 5.74) is 6.68. The number of likely N-dealkylation sites (tertiary alicyclic amines) is 1. The summed E-state index contributed by atoms with van der Waals surface area (Å²) in [6, 6.07) is 29.1. The lowest BCUT2D eigenvalue weighted by Crippen LogP contribution is -2.36. The van der Waals surface area contributed by atoms with Crippen LogP contribution < -0.4 is 0 Å². The Morgan fingerprint density at radius 3 is 1.40 bits per heavy atom. The van der Waals surface area contributed by atoms with Crippen molar-refractivity contribution in [1.29, 1.82) is 0 Å². The molecule has 10 nitrogen and oxygen atoms in total. The number of carbonyl (C=O) groups is 2. The molecule has 0 atom stereocenters. The van der Waals surface area contributed by atoms with Gasteiger partial charge >= 0.3 is 0 Å². The van der Waals surface area contributed by atoms with E-state index in [1.54, 1.807) is 93.3 Å². The monoisotopic (exact) mass is 806 g/mol. The lowest BCUT2D eigenvalue weighted by Gasteiger charge is -2.28. The van der Waals surface area contributed by atoms with Crippen LogP contribution in [0.1, 0.15) is 91.4 Å². The first-order valence-electron chi connectivity index (χ1n) is 19.4. The maximum Gasteiger partial charge on any atom is 0.272 e. The topological polar surface area (TPSA) is 135 Å². The van der Waals surface area contributed by atoms with E-state index >= 15 is 0 Å². The van der Waals surface area contributed by atoms with Crippen molar-refractivity contribution in [1.82, 2.24) is 19.8 Å². The van der Waals surface area contributed by atoms with Gasteiger partial charge in [-0.1, -0.05) is 85.6 Å². The second-order valence-corrected chi connectivity index (χ2v) is 18.8. The van der Waals surface area contributed by atoms with Crippen LogP contribution >= 0.6 is 0 Å². The molecule has 2 aliphatic rings. The highest BCUT2D eigenvalue weighted by Gasteiger charge is 2.26. The van der Waals surface area contributed by atoms with Crippen molar-refractivity contribution in [2.75, 3.05) is 19.6 Å². The third-order valence-corrected chi connectivity index (χ3v) is 14.4. The molecule has 0 N–H and O–H groups in total. The molecule has 1 fully saturated rings. The van der Waals surface area contributed by atoms with Crippen LogP contribution in [0.4, 0.5) is 0 Å². The van der Waals surface area contributed by atoms with E-state index in [1.165, 1.54) is 5.56 Å². The molecule has 12 heteroatoms. The van der Waals surface area contributed by atoms with Gasteiger partial charge < -0.3 is 9.80 Å². The molecule has 5 aromatic rings. The van der Waals surface area contributed by atoms with Gasteiger partial charge in [-0.2, -0.15) is 0 Å². The van der Waals surface area contributed by atoms with Crippen molar-refractivity contribution >= 4 is 31.5 Å². The molecule has 7 rings (SSSR count). The SMILES string of the molecule is Cc1cccc(C)c1S(=O)(=O)Cc1cccc(C(=O)N2CCCCCC2)n1.Cc1cccc(C)c1S(=O)(=O)Cc1cccc(C(=O)N2CCc3ccccc3C2)n1. The Balaban J connectivity index is 0.000000194. The average Bonchev–Trinajstić information content (AvgIpc) is 3.47. The second kappa shape index (κ2) is 17.9. The fourth-order valence-electron chi connectivity index (χ4n) is 7.74. The number of aromatic nitrogens is 2. The molecule has 298 valence electrons. The third kappa shape index (κ3) is 10.0. The lowest BCUT2D eigenvalue weighted by molar-refractivity contribution is 0.0726. The van der Waals surface area contributed by atoms with Crippen molar-refractivity contribution in [3.8, 4) is 0 Å². The first-order valence-corrected chi connectivity index (χ1v) is 22.7. The Morgan fingerprint density at radius 1 is 0.509 bits per heavy atom. The summed E-state index contributed by atoms with van der Waals surface area (Å²) >= 11 is 0. The molecule has 0 spiro atoms. The highest BCUT2D eigenvalue weighted by molar-refractivity contribution is 7.91. The van der Waals surface area contributed by atoms with Crippen LogP contribution in [0.25, 0.3) is 0 Å². The van der Waals surface area contributed by atoms with E-state index in [9.17, 15) is 26.4 Å². The molecule has 3 aromatic carbocycles. The van der Waals surface area contributed by atoms with Crippen LogP contribution in [0.2, 0.25) is 0 Å². The van der Waals surface area contributed by atoms with E-state index in [0.29, 0.717) is 51.1 Å². The summed E-state index contributed by atoms with van der Waals surface area (Å²) in [4.78, 5) is 38.9. The molecule has 2 amide bonds. The normalized spacial score (nSPS) is 14.5. The minimum atomic E-state index is -3.57. The number of amides is 2. The van der Waals surface area contributed by atoms with Crippen molar-refractivity contribution < 1.29 is 26.4 Å². The maximum atomic E-state index is 13.0. The van der Waals surface area contributed by atoms with E-state index in [1.807, 2.05) is 35.2 Å². The Hall–Kier alpha value is -5.20. The van der Waals surface area contributed by atoms with Gasteiger partial charge in [-0.3, -0.25) is 9.59 Å². The predicted octanol–water partition coefficient (Wildman–Crippen LogP) is 7.56. The molecule has 0 aliphatic carbocycles. The molecule has 0 unspecified atom stereocenters. The van der Waals surface area contributed by atoms with Crippen LogP contribution in [-0.4, -0.2) is 68.1 Å². The molecule has 4 heterocycles. The molecule has 2 aliphatic heterocycles. The van der Waals surface area contributed by atoms with Crippen molar-refractivity contribution in [3.05, 3.63) is 153 Å². The number of benzene rings is 3. The summed E-state index contributed by atoms with van der Waals surface area (Å²) in [7, 11) is -7.10. The minimum absolute atomic E-state index is 0.108. The predicted molar refractivity (Wildman–Crippen MR) is 221 cm³/mol. The number of sulfone groups is 2. The zero-order valence-electron chi connectivity index (χ0n) is 33.1. The number of hydrogen-bond donors (Lipinski definition) is 0. The van der Waals surface area contributed by atoms with Gasteiger partial charge in [0, 0.05) is 26.2 Å². The summed E-state index contributed by atoms with van der Waals surface area (Å²) in [6.45, 7) is 9.84. The fourth-order valence-corrected chi connectivity index (χ4v) is 11.4. The zero-order valence-corrected chi connectivity index (χ0v) is 34.7. The summed E-state index contributed by atoms with van der Waals surface area (Å²) in [6.07, 6.45) is 5.11. The molecule has 0 saturated carbocycles. The average molecular weight is 807 g/mol. The van der Waals surface area contributed by atoms with Crippen LogP contribution in [-0.2, 0) is 44.1 Å². The standard InChI is InChI=1S/C24H24N2O3S.C21H26N2O3S/c1-17-7-5-8-18(2)23(17)30(28,29)16-21-11-6-12-22(25-21)24(27)26-14-13-19-9-3-4-10-20(19)15-26;1-16-9-7-10-17(2)20(16)27(25,26)15-18-11-8-12-19(22-18)21(24)23-13-5-3-4-6-14-23/h3-12H,13-16H2,1-2H3;7-12H,3-6,13-15H2,1-2H3. The van der Waals surface area contributed by atoms with Gasteiger partial charge in [0.1, 0.15) is 11.4 Å². The van der Waals surface area contributed by atoms with Gasteiger partial charge in [0.15, 0.2) is 19.7 Å². The maximum absolute atomic E-state index is 13.0. The Labute approximate surface area is 336 Å². The number of carbonyl (C=O) groups excluding carboxylic acids is 2. The van der Waals surface area contributed by atoms with E-state index in [2.05, 4.69) is 16.0 Å². The van der Waals surface area contributed by atoms with Gasteiger partial charge in [-0.05, 0) is 105 Å². The fraction of sp³-hybridized carbons (Fsp3) is 0.333. The zero-order chi connectivity index (χ0) is 40.7. The quantitative estimate of drug-likeness (QED) is 0.157. The molecule has 1 saturated heterocycles.